The van der Waals surface area contributed by atoms with Gasteiger partial charge >= 0.3 is 11.9 Å². The van der Waals surface area contributed by atoms with Crippen molar-refractivity contribution < 1.29 is 24.5 Å². The lowest BCUT2D eigenvalue weighted by atomic mass is 9.76. The van der Waals surface area contributed by atoms with E-state index in [-0.39, 0.29) is 21.7 Å². The molecule has 0 aromatic heterocycles. The van der Waals surface area contributed by atoms with Crippen LogP contribution in [0.4, 0.5) is 17.1 Å². The van der Waals surface area contributed by atoms with Gasteiger partial charge in [-0.15, -0.1) is 0 Å². The number of fused-ring (bicyclic) bond motifs is 12. The molecule has 10 rings (SSSR count). The Bertz CT molecular complexity index is 3120. The Balaban J connectivity index is 1.52. The molecule has 0 atom stereocenters. The van der Waals surface area contributed by atoms with E-state index in [1.807, 2.05) is 60.7 Å². The molecule has 0 saturated carbocycles. The topological polar surface area (TPSA) is 90.1 Å². The third-order valence-electron chi connectivity index (χ3n) is 12.3. The Morgan fingerprint density at radius 2 is 1.31 bits per heavy atom. The maximum absolute atomic E-state index is 13.6. The van der Waals surface area contributed by atoms with Crippen LogP contribution in [-0.2, 0) is 10.8 Å². The first-order valence-electron chi connectivity index (χ1n) is 19.5. The lowest BCUT2D eigenvalue weighted by Crippen LogP contribution is -2.31. The Morgan fingerprint density at radius 1 is 0.707 bits per heavy atom. The molecule has 7 aromatic rings. The predicted octanol–water partition coefficient (Wildman–Crippen LogP) is 10.2. The number of benzene rings is 7. The number of halogens is 1. The minimum atomic E-state index is -1.24. The normalized spacial score (nSPS) is 15.9. The van der Waals surface area contributed by atoms with Crippen molar-refractivity contribution in [3.8, 4) is 11.5 Å². The lowest BCUT2D eigenvalue weighted by molar-refractivity contribution is 0.0680. The Morgan fingerprint density at radius 3 is 1.97 bits per heavy atom. The van der Waals surface area contributed by atoms with Crippen molar-refractivity contribution in [1.82, 2.24) is 4.58 Å². The largest absolute Gasteiger partial charge is 0.478 e. The number of nitrogens with zero attached hydrogens (tertiary/aromatic N) is 2. The number of carboxylic acids is 2. The smallest absolute Gasteiger partial charge is 0.337 e. The fourth-order valence-corrected chi connectivity index (χ4v) is 10.3. The molecule has 3 aliphatic heterocycles. The molecule has 0 saturated heterocycles. The van der Waals surface area contributed by atoms with Crippen molar-refractivity contribution in [3.05, 3.63) is 170 Å². The van der Waals surface area contributed by atoms with Gasteiger partial charge in [-0.2, -0.15) is 4.58 Å². The summed E-state index contributed by atoms with van der Waals surface area (Å²) in [6, 6.07) is 38.4. The van der Waals surface area contributed by atoms with Gasteiger partial charge < -0.3 is 19.8 Å². The number of aromatic carboxylic acids is 2. The van der Waals surface area contributed by atoms with E-state index in [9.17, 15) is 19.8 Å². The van der Waals surface area contributed by atoms with E-state index >= 15 is 0 Å². The van der Waals surface area contributed by atoms with E-state index in [1.165, 1.54) is 6.07 Å². The summed E-state index contributed by atoms with van der Waals surface area (Å²) >= 11 is 7.32. The molecule has 8 heteroatoms. The van der Waals surface area contributed by atoms with Crippen molar-refractivity contribution in [2.75, 3.05) is 18.0 Å². The van der Waals surface area contributed by atoms with Crippen LogP contribution in [0.25, 0.3) is 27.1 Å². The molecule has 286 valence electrons. The number of para-hydroxylation sites is 2. The molecule has 0 aliphatic carbocycles. The van der Waals surface area contributed by atoms with Crippen molar-refractivity contribution in [1.29, 1.82) is 0 Å². The van der Waals surface area contributed by atoms with E-state index in [0.717, 1.165) is 55.1 Å². The molecule has 0 radical (unpaired) electrons. The van der Waals surface area contributed by atoms with Crippen LogP contribution in [0.5, 0.6) is 11.5 Å². The summed E-state index contributed by atoms with van der Waals surface area (Å²) in [5, 5.41) is 26.9. The van der Waals surface area contributed by atoms with Gasteiger partial charge in [0.05, 0.1) is 38.2 Å². The van der Waals surface area contributed by atoms with Gasteiger partial charge in [-0.25, -0.2) is 9.59 Å². The number of carbonyl (C=O) groups is 2. The van der Waals surface area contributed by atoms with Crippen LogP contribution in [0.1, 0.15) is 76.2 Å². The molecule has 0 unspecified atom stereocenters. The second kappa shape index (κ2) is 12.5. The second-order valence-corrected chi connectivity index (χ2v) is 17.3. The molecule has 3 heterocycles. The standard InChI is InChI=1S/C50H39ClN2O5/c1-27-24-34(47(54)55)42(51)39(35(27)48(56)57)38-36-30-20-12-14-22-32(30)43-40(49(2,3)25-52(43)28-16-8-6-9-17-28)45(36)58-46-37(38)31-21-13-15-23-33(31)44-41(46)50(4,5)26-53(44)29-18-10-7-11-19-29/h6-24H,25-26H2,1-5H3,(H-,54,55,56,57)/p+1. The molecule has 0 spiro atoms. The molecule has 7 aromatic carbocycles. The number of hydrogen-bond acceptors (Lipinski definition) is 4. The minimum Gasteiger partial charge on any atom is -0.478 e. The summed E-state index contributed by atoms with van der Waals surface area (Å²) in [7, 11) is 0. The zero-order valence-corrected chi connectivity index (χ0v) is 33.5. The molecule has 7 nitrogen and oxygen atoms in total. The average molecular weight is 784 g/mol. The first-order valence-corrected chi connectivity index (χ1v) is 19.9. The molecule has 58 heavy (non-hydrogen) atoms. The zero-order chi connectivity index (χ0) is 40.4. The minimum absolute atomic E-state index is 0.0479. The van der Waals surface area contributed by atoms with Crippen LogP contribution in [-0.4, -0.2) is 35.2 Å². The molecular formula is C50H40ClN2O5+. The third-order valence-corrected chi connectivity index (χ3v) is 12.7. The first kappa shape index (κ1) is 35.9. The highest BCUT2D eigenvalue weighted by molar-refractivity contribution is 6.36. The lowest BCUT2D eigenvalue weighted by Gasteiger charge is -2.32. The summed E-state index contributed by atoms with van der Waals surface area (Å²) < 4.78 is 9.99. The highest BCUT2D eigenvalue weighted by Crippen LogP contribution is 2.58. The van der Waals surface area contributed by atoms with E-state index in [2.05, 4.69) is 85.7 Å². The number of ether oxygens (including phenoxy) is 1. The Kier molecular flexibility index (Phi) is 7.76. The first-order chi connectivity index (χ1) is 27.8. The van der Waals surface area contributed by atoms with Crippen LogP contribution >= 0.6 is 11.6 Å². The monoisotopic (exact) mass is 783 g/mol. The van der Waals surface area contributed by atoms with Crippen LogP contribution in [0, 0.1) is 6.92 Å². The Labute approximate surface area is 340 Å². The molecule has 3 aliphatic rings. The van der Waals surface area contributed by atoms with E-state index in [1.54, 1.807) is 6.92 Å². The number of carboxylic acid groups (broad SMARTS) is 2. The van der Waals surface area contributed by atoms with Crippen LogP contribution < -0.4 is 24.8 Å². The number of rotatable bonds is 5. The van der Waals surface area contributed by atoms with Gasteiger partial charge in [0.1, 0.15) is 11.5 Å². The van der Waals surface area contributed by atoms with Gasteiger partial charge in [0, 0.05) is 62.6 Å². The van der Waals surface area contributed by atoms with Crippen LogP contribution in [0.2, 0.25) is 5.02 Å². The van der Waals surface area contributed by atoms with Gasteiger partial charge in [-0.05, 0) is 61.4 Å². The van der Waals surface area contributed by atoms with Crippen LogP contribution in [0.15, 0.2) is 115 Å². The fraction of sp³-hybridized carbons (Fsp3) is 0.180. The molecule has 0 amide bonds. The average Bonchev–Trinajstić information content (AvgIpc) is 3.67. The van der Waals surface area contributed by atoms with Crippen molar-refractivity contribution in [2.45, 2.75) is 45.4 Å². The SMILES string of the molecule is Cc1cc(C(=O)O)c(Cl)c(C2=c3c(c4c(c5ccccc35)=[N+](c3ccccc3)CC4(C)C)Oc3c4c(c5ccccc5c32)N(c2ccccc2)CC4(C)C)c1C(=O)O. The van der Waals surface area contributed by atoms with Gasteiger partial charge in [0.25, 0.3) is 0 Å². The van der Waals surface area contributed by atoms with Crippen molar-refractivity contribution in [2.24, 2.45) is 0 Å². The number of aryl methyl sites for hydroxylation is 1. The highest BCUT2D eigenvalue weighted by atomic mass is 35.5. The molecule has 0 bridgehead atoms. The third kappa shape index (κ3) is 4.96. The van der Waals surface area contributed by atoms with Gasteiger partial charge in [0.2, 0.25) is 11.0 Å². The number of hydrogen-bond donors (Lipinski definition) is 2. The van der Waals surface area contributed by atoms with Gasteiger partial charge in [-0.3, -0.25) is 0 Å². The van der Waals surface area contributed by atoms with Crippen LogP contribution in [0.3, 0.4) is 0 Å². The maximum atomic E-state index is 13.6. The maximum Gasteiger partial charge on any atom is 0.337 e. The molecule has 2 N–H and O–H groups in total. The summed E-state index contributed by atoms with van der Waals surface area (Å²) in [6.07, 6.45) is 0. The quantitative estimate of drug-likeness (QED) is 0.169. The summed E-state index contributed by atoms with van der Waals surface area (Å²) in [5.74, 6) is -1.19. The van der Waals surface area contributed by atoms with E-state index in [4.69, 9.17) is 16.3 Å². The van der Waals surface area contributed by atoms with E-state index in [0.29, 0.717) is 46.5 Å². The summed E-state index contributed by atoms with van der Waals surface area (Å²) in [6.45, 7) is 11.9. The van der Waals surface area contributed by atoms with Gasteiger partial charge in [-0.1, -0.05) is 104 Å². The Hall–Kier alpha value is -6.44. The predicted molar refractivity (Wildman–Crippen MR) is 231 cm³/mol. The summed E-state index contributed by atoms with van der Waals surface area (Å²) in [4.78, 5) is 28.9. The molecule has 0 fully saturated rings. The van der Waals surface area contributed by atoms with Crippen molar-refractivity contribution >= 4 is 67.7 Å². The number of anilines is 2. The van der Waals surface area contributed by atoms with E-state index < -0.39 is 22.8 Å². The van der Waals surface area contributed by atoms with Gasteiger partial charge in [0.15, 0.2) is 6.54 Å². The molecular weight excluding hydrogens is 744 g/mol. The summed E-state index contributed by atoms with van der Waals surface area (Å²) in [5.41, 5.74) is 5.69. The fourth-order valence-electron chi connectivity index (χ4n) is 10.0. The zero-order valence-electron chi connectivity index (χ0n) is 32.8. The second-order valence-electron chi connectivity index (χ2n) is 17.0. The van der Waals surface area contributed by atoms with Crippen molar-refractivity contribution in [3.63, 3.8) is 0 Å². The highest BCUT2D eigenvalue weighted by Gasteiger charge is 2.48.